The molecule has 5 rings (SSSR count). The highest BCUT2D eigenvalue weighted by atomic mass is 35.5. The fourth-order valence-corrected chi connectivity index (χ4v) is 5.54. The number of fused-ring (bicyclic) bond motifs is 1. The molecule has 1 amide bonds. The van der Waals surface area contributed by atoms with Crippen LogP contribution in [-0.2, 0) is 9.59 Å². The quantitative estimate of drug-likeness (QED) is 0.206. The second-order valence-electron chi connectivity index (χ2n) is 8.12. The van der Waals surface area contributed by atoms with Crippen molar-refractivity contribution in [3.8, 4) is 0 Å². The summed E-state index contributed by atoms with van der Waals surface area (Å²) in [5, 5.41) is 11.8. The van der Waals surface area contributed by atoms with Gasteiger partial charge in [-0.2, -0.15) is 0 Å². The number of aromatic nitrogens is 1. The number of Topliss-reactive ketones (excluding diaryl/α,β-unsaturated/α-hetero) is 1. The van der Waals surface area contributed by atoms with Crippen LogP contribution in [0.5, 0.6) is 0 Å². The zero-order valence-corrected chi connectivity index (χ0v) is 19.7. The Morgan fingerprint density at radius 2 is 1.79 bits per heavy atom. The van der Waals surface area contributed by atoms with E-state index in [0.29, 0.717) is 16.1 Å². The molecule has 8 heteroatoms. The van der Waals surface area contributed by atoms with Gasteiger partial charge in [0, 0.05) is 16.1 Å². The maximum atomic E-state index is 15.0. The third kappa shape index (κ3) is 3.57. The number of aliphatic hydroxyl groups excluding tert-OH is 1. The van der Waals surface area contributed by atoms with E-state index in [1.807, 2.05) is 26.0 Å². The summed E-state index contributed by atoms with van der Waals surface area (Å²) in [6.45, 7) is 3.88. The van der Waals surface area contributed by atoms with Crippen molar-refractivity contribution in [1.82, 2.24) is 4.98 Å². The summed E-state index contributed by atoms with van der Waals surface area (Å²) in [5.74, 6) is -2.79. The minimum atomic E-state index is -1.18. The molecule has 1 aliphatic rings. The second-order valence-corrected chi connectivity index (χ2v) is 9.57. The number of halogens is 2. The van der Waals surface area contributed by atoms with E-state index in [0.717, 1.165) is 15.8 Å². The number of aryl methyl sites for hydroxylation is 2. The van der Waals surface area contributed by atoms with Gasteiger partial charge < -0.3 is 5.11 Å². The van der Waals surface area contributed by atoms with Gasteiger partial charge in [-0.3, -0.25) is 14.5 Å². The van der Waals surface area contributed by atoms with Crippen LogP contribution in [0, 0.1) is 19.7 Å². The van der Waals surface area contributed by atoms with Gasteiger partial charge in [-0.05, 0) is 61.4 Å². The van der Waals surface area contributed by atoms with E-state index in [2.05, 4.69) is 4.98 Å². The molecule has 0 saturated carbocycles. The van der Waals surface area contributed by atoms with Crippen molar-refractivity contribution in [2.45, 2.75) is 19.9 Å². The van der Waals surface area contributed by atoms with Crippen LogP contribution in [-0.4, -0.2) is 21.8 Å². The summed E-state index contributed by atoms with van der Waals surface area (Å²) in [6, 6.07) is 14.8. The molecule has 1 aliphatic heterocycles. The highest BCUT2D eigenvalue weighted by Crippen LogP contribution is 2.45. The number of nitrogens with zero attached hydrogens (tertiary/aromatic N) is 2. The fraction of sp³-hybridized carbons (Fsp3) is 0.115. The lowest BCUT2D eigenvalue weighted by Gasteiger charge is -2.23. The number of carbonyl (C=O) groups excluding carboxylic acids is 2. The highest BCUT2D eigenvalue weighted by molar-refractivity contribution is 7.22. The monoisotopic (exact) mass is 492 g/mol. The lowest BCUT2D eigenvalue weighted by Crippen LogP contribution is -2.29. The van der Waals surface area contributed by atoms with E-state index in [-0.39, 0.29) is 16.3 Å². The molecule has 1 aromatic heterocycles. The second kappa shape index (κ2) is 8.34. The molecule has 1 saturated heterocycles. The molecule has 0 aliphatic carbocycles. The number of anilines is 1. The SMILES string of the molecule is Cc1cc(C)c2nc(N3C(=O)C(=O)C(=C(O)c4ccc(Cl)cc4)[C@@H]3c3ccccc3F)sc2c1. The molecule has 0 spiro atoms. The van der Waals surface area contributed by atoms with Crippen molar-refractivity contribution >= 4 is 55.7 Å². The summed E-state index contributed by atoms with van der Waals surface area (Å²) in [6.07, 6.45) is 0. The Morgan fingerprint density at radius 3 is 2.50 bits per heavy atom. The van der Waals surface area contributed by atoms with Gasteiger partial charge in [0.25, 0.3) is 5.78 Å². The molecule has 2 heterocycles. The molecule has 1 fully saturated rings. The molecule has 170 valence electrons. The Balaban J connectivity index is 1.76. The van der Waals surface area contributed by atoms with Crippen LogP contribution in [0.4, 0.5) is 9.52 Å². The van der Waals surface area contributed by atoms with Crippen LogP contribution in [0.1, 0.15) is 28.3 Å². The third-order valence-corrected chi connectivity index (χ3v) is 7.04. The van der Waals surface area contributed by atoms with Gasteiger partial charge in [-0.15, -0.1) is 0 Å². The predicted molar refractivity (Wildman–Crippen MR) is 132 cm³/mol. The van der Waals surface area contributed by atoms with Crippen LogP contribution in [0.15, 0.2) is 66.2 Å². The number of rotatable bonds is 3. The molecule has 34 heavy (non-hydrogen) atoms. The van der Waals surface area contributed by atoms with E-state index < -0.39 is 29.3 Å². The number of thiazole rings is 1. The van der Waals surface area contributed by atoms with Crippen LogP contribution in [0.2, 0.25) is 5.02 Å². The maximum absolute atomic E-state index is 15.0. The minimum Gasteiger partial charge on any atom is -0.507 e. The van der Waals surface area contributed by atoms with Gasteiger partial charge >= 0.3 is 5.91 Å². The first kappa shape index (κ1) is 22.3. The minimum absolute atomic E-state index is 0.0874. The fourth-order valence-electron chi connectivity index (χ4n) is 4.25. The van der Waals surface area contributed by atoms with Crippen molar-refractivity contribution in [2.24, 2.45) is 0 Å². The molecule has 1 atom stereocenters. The number of aliphatic hydroxyl groups is 1. The Bertz CT molecular complexity index is 1510. The van der Waals surface area contributed by atoms with Crippen molar-refractivity contribution in [1.29, 1.82) is 0 Å². The Morgan fingerprint density at radius 1 is 1.09 bits per heavy atom. The Kier molecular flexibility index (Phi) is 5.46. The Labute approximate surface area is 203 Å². The van der Waals surface area contributed by atoms with Crippen LogP contribution in [0.25, 0.3) is 16.0 Å². The zero-order valence-electron chi connectivity index (χ0n) is 18.2. The largest absolute Gasteiger partial charge is 0.507 e. The average Bonchev–Trinajstić information content (AvgIpc) is 3.33. The predicted octanol–water partition coefficient (Wildman–Crippen LogP) is 6.33. The molecule has 0 unspecified atom stereocenters. The topological polar surface area (TPSA) is 70.5 Å². The summed E-state index contributed by atoms with van der Waals surface area (Å²) in [7, 11) is 0. The van der Waals surface area contributed by atoms with E-state index >= 15 is 4.39 Å². The molecule has 3 aromatic carbocycles. The smallest absolute Gasteiger partial charge is 0.301 e. The van der Waals surface area contributed by atoms with Gasteiger partial charge in [-0.25, -0.2) is 9.37 Å². The van der Waals surface area contributed by atoms with Crippen molar-refractivity contribution < 1.29 is 19.1 Å². The van der Waals surface area contributed by atoms with Gasteiger partial charge in [0.05, 0.1) is 15.8 Å². The number of ketones is 1. The van der Waals surface area contributed by atoms with Gasteiger partial charge in [0.2, 0.25) is 0 Å². The Hall–Kier alpha value is -3.55. The first-order valence-corrected chi connectivity index (χ1v) is 11.6. The summed E-state index contributed by atoms with van der Waals surface area (Å²) >= 11 is 7.20. The third-order valence-electron chi connectivity index (χ3n) is 5.79. The van der Waals surface area contributed by atoms with Gasteiger partial charge in [0.15, 0.2) is 5.13 Å². The molecule has 1 N–H and O–H groups in total. The van der Waals surface area contributed by atoms with Crippen LogP contribution < -0.4 is 4.90 Å². The number of amides is 1. The summed E-state index contributed by atoms with van der Waals surface area (Å²) in [4.78, 5) is 32.3. The van der Waals surface area contributed by atoms with E-state index in [1.54, 1.807) is 18.2 Å². The zero-order chi connectivity index (χ0) is 24.1. The van der Waals surface area contributed by atoms with Crippen LogP contribution in [0.3, 0.4) is 0 Å². The molecule has 0 radical (unpaired) electrons. The van der Waals surface area contributed by atoms with E-state index in [4.69, 9.17) is 11.6 Å². The summed E-state index contributed by atoms with van der Waals surface area (Å²) < 4.78 is 15.9. The lowest BCUT2D eigenvalue weighted by atomic mass is 9.95. The van der Waals surface area contributed by atoms with E-state index in [9.17, 15) is 14.7 Å². The molecule has 0 bridgehead atoms. The number of hydrogen-bond donors (Lipinski definition) is 1. The van der Waals surface area contributed by atoms with Gasteiger partial charge in [0.1, 0.15) is 17.6 Å². The van der Waals surface area contributed by atoms with Crippen molar-refractivity contribution in [3.05, 3.63) is 99.3 Å². The molecule has 4 aromatic rings. The molecule has 5 nitrogen and oxygen atoms in total. The van der Waals surface area contributed by atoms with Crippen LogP contribution >= 0.6 is 22.9 Å². The normalized spacial score (nSPS) is 17.6. The van der Waals surface area contributed by atoms with Gasteiger partial charge in [-0.1, -0.05) is 47.2 Å². The molecular weight excluding hydrogens is 475 g/mol. The number of benzene rings is 3. The van der Waals surface area contributed by atoms with E-state index in [1.165, 1.54) is 46.6 Å². The molecular formula is C26H18ClFN2O3S. The number of hydrogen-bond acceptors (Lipinski definition) is 5. The first-order valence-electron chi connectivity index (χ1n) is 10.5. The first-order chi connectivity index (χ1) is 16.3. The average molecular weight is 493 g/mol. The number of carbonyl (C=O) groups is 2. The van der Waals surface area contributed by atoms with Crippen molar-refractivity contribution in [3.63, 3.8) is 0 Å². The standard InChI is InChI=1S/C26H18ClFN2O3S/c1-13-11-14(2)21-19(12-13)34-26(29-21)30-22(17-5-3-4-6-18(17)28)20(24(32)25(30)33)23(31)15-7-9-16(27)10-8-15/h3-12,22,31H,1-2H3/t22-/m0/s1. The lowest BCUT2D eigenvalue weighted by molar-refractivity contribution is -0.132. The maximum Gasteiger partial charge on any atom is 0.301 e. The summed E-state index contributed by atoms with van der Waals surface area (Å²) in [5.41, 5.74) is 2.85. The van der Waals surface area contributed by atoms with Crippen molar-refractivity contribution in [2.75, 3.05) is 4.90 Å². The highest BCUT2D eigenvalue weighted by Gasteiger charge is 2.49.